The molecule has 0 aromatic carbocycles. The third-order valence-electron chi connectivity index (χ3n) is 1.81. The van der Waals surface area contributed by atoms with Gasteiger partial charge in [-0.3, -0.25) is 4.67 Å². The third kappa shape index (κ3) is 36.7. The highest BCUT2D eigenvalue weighted by molar-refractivity contribution is 7.13. The Hall–Kier alpha value is 0.310. The van der Waals surface area contributed by atoms with Gasteiger partial charge in [-0.2, -0.15) is 0 Å². The summed E-state index contributed by atoms with van der Waals surface area (Å²) in [4.78, 5) is 0. The van der Waals surface area contributed by atoms with Crippen LogP contribution in [0.15, 0.2) is 0 Å². The van der Waals surface area contributed by atoms with E-state index >= 15 is 0 Å². The van der Waals surface area contributed by atoms with Crippen molar-refractivity contribution in [2.24, 2.45) is 0 Å². The molecule has 102 valence electrons. The summed E-state index contributed by atoms with van der Waals surface area (Å²) in [5, 5.41) is 6.22. The lowest BCUT2D eigenvalue weighted by molar-refractivity contribution is 0.524. The van der Waals surface area contributed by atoms with Crippen molar-refractivity contribution in [2.45, 2.75) is 41.5 Å². The van der Waals surface area contributed by atoms with E-state index in [0.717, 1.165) is 39.3 Å². The molecule has 0 saturated heterocycles. The van der Waals surface area contributed by atoms with E-state index in [-0.39, 0.29) is 0 Å². The van der Waals surface area contributed by atoms with Gasteiger partial charge in [-0.25, -0.2) is 0 Å². The summed E-state index contributed by atoms with van der Waals surface area (Å²) in [6.45, 7) is 19.3. The van der Waals surface area contributed by atoms with Crippen LogP contribution in [0.25, 0.3) is 0 Å². The standard InChI is InChI=1S/C4H12NP.2C4H11N/c1-3-5(6)4-2;2*1-3-5-4-2/h3-4,6H2,1-2H3;2*5H,3-4H2,1-2H3. The van der Waals surface area contributed by atoms with Crippen LogP contribution in [0.2, 0.25) is 0 Å². The number of hydrogen-bond donors (Lipinski definition) is 2. The molecule has 0 aliphatic heterocycles. The van der Waals surface area contributed by atoms with Gasteiger partial charge in [-0.05, 0) is 39.3 Å². The molecule has 0 aromatic rings. The normalized spacial score (nSPS) is 9.00. The molecule has 0 aliphatic rings. The van der Waals surface area contributed by atoms with Crippen LogP contribution in [0.4, 0.5) is 0 Å². The molecule has 1 unspecified atom stereocenters. The number of nitrogens with one attached hydrogen (secondary N) is 2. The molecule has 2 N–H and O–H groups in total. The van der Waals surface area contributed by atoms with Gasteiger partial charge in [0.15, 0.2) is 0 Å². The van der Waals surface area contributed by atoms with Crippen molar-refractivity contribution in [2.75, 3.05) is 39.3 Å². The van der Waals surface area contributed by atoms with Crippen molar-refractivity contribution in [1.29, 1.82) is 0 Å². The molecule has 0 saturated carbocycles. The zero-order valence-electron chi connectivity index (χ0n) is 12.3. The van der Waals surface area contributed by atoms with E-state index < -0.39 is 0 Å². The number of hydrogen-bond acceptors (Lipinski definition) is 3. The van der Waals surface area contributed by atoms with Crippen LogP contribution >= 0.6 is 9.39 Å². The van der Waals surface area contributed by atoms with E-state index in [1.807, 2.05) is 0 Å². The van der Waals surface area contributed by atoms with Crippen molar-refractivity contribution in [1.82, 2.24) is 15.3 Å². The Bertz CT molecular complexity index is 78.3. The van der Waals surface area contributed by atoms with Gasteiger partial charge in [0.05, 0.1) is 0 Å². The molecule has 0 fully saturated rings. The molecule has 3 nitrogen and oxygen atoms in total. The zero-order valence-corrected chi connectivity index (χ0v) is 13.4. The third-order valence-corrected chi connectivity index (χ3v) is 2.54. The van der Waals surface area contributed by atoms with Gasteiger partial charge in [-0.15, -0.1) is 0 Å². The van der Waals surface area contributed by atoms with Gasteiger partial charge in [-0.1, -0.05) is 50.9 Å². The van der Waals surface area contributed by atoms with Crippen molar-refractivity contribution in [3.05, 3.63) is 0 Å². The Kier molecular flexibility index (Phi) is 33.1. The monoisotopic (exact) mass is 251 g/mol. The molecular weight excluding hydrogens is 217 g/mol. The Morgan fingerprint density at radius 2 is 0.938 bits per heavy atom. The molecular formula is C12H34N3P. The Labute approximate surface area is 106 Å². The van der Waals surface area contributed by atoms with Crippen LogP contribution in [0.3, 0.4) is 0 Å². The second kappa shape index (κ2) is 24.5. The first-order chi connectivity index (χ1) is 7.64. The molecule has 16 heavy (non-hydrogen) atoms. The molecule has 1 atom stereocenters. The summed E-state index contributed by atoms with van der Waals surface area (Å²) in [5.41, 5.74) is 0. The van der Waals surface area contributed by atoms with Crippen LogP contribution in [0.5, 0.6) is 0 Å². The highest BCUT2D eigenvalue weighted by Gasteiger charge is 1.81. The van der Waals surface area contributed by atoms with E-state index in [4.69, 9.17) is 0 Å². The molecule has 0 aromatic heterocycles. The Morgan fingerprint density at radius 3 is 0.938 bits per heavy atom. The van der Waals surface area contributed by atoms with E-state index in [2.05, 4.69) is 66.2 Å². The quantitative estimate of drug-likeness (QED) is 0.710. The second-order valence-electron chi connectivity index (χ2n) is 3.14. The minimum absolute atomic E-state index is 1.09. The lowest BCUT2D eigenvalue weighted by atomic mass is 10.7. The predicted octanol–water partition coefficient (Wildman–Crippen LogP) is 2.35. The summed E-state index contributed by atoms with van der Waals surface area (Å²) < 4.78 is 2.17. The van der Waals surface area contributed by atoms with Crippen molar-refractivity contribution in [3.63, 3.8) is 0 Å². The Balaban J connectivity index is -0.000000160. The SMILES string of the molecule is CCN(P)CC.CCNCC.CCNCC. The van der Waals surface area contributed by atoms with Crippen LogP contribution in [-0.2, 0) is 0 Å². The van der Waals surface area contributed by atoms with Gasteiger partial charge in [0.25, 0.3) is 0 Å². The smallest absolute Gasteiger partial charge is 0.00124 e. The van der Waals surface area contributed by atoms with Gasteiger partial charge in [0.2, 0.25) is 0 Å². The number of nitrogens with zero attached hydrogens (tertiary/aromatic N) is 1. The summed E-state index contributed by atoms with van der Waals surface area (Å²) in [7, 11) is 2.64. The van der Waals surface area contributed by atoms with E-state index in [0.29, 0.717) is 0 Å². The maximum atomic E-state index is 3.11. The maximum absolute atomic E-state index is 3.11. The summed E-state index contributed by atoms with van der Waals surface area (Å²) in [6, 6.07) is 0. The first kappa shape index (κ1) is 21.6. The van der Waals surface area contributed by atoms with Gasteiger partial charge in [0.1, 0.15) is 0 Å². The fourth-order valence-electron chi connectivity index (χ4n) is 0.724. The van der Waals surface area contributed by atoms with Crippen LogP contribution in [0, 0.1) is 0 Å². The van der Waals surface area contributed by atoms with Crippen molar-refractivity contribution in [3.8, 4) is 0 Å². The van der Waals surface area contributed by atoms with E-state index in [1.165, 1.54) is 0 Å². The fraction of sp³-hybridized carbons (Fsp3) is 1.00. The lowest BCUT2D eigenvalue weighted by Gasteiger charge is -2.06. The van der Waals surface area contributed by atoms with Crippen LogP contribution in [0.1, 0.15) is 41.5 Å². The lowest BCUT2D eigenvalue weighted by Crippen LogP contribution is -2.09. The highest BCUT2D eigenvalue weighted by Crippen LogP contribution is 1.92. The van der Waals surface area contributed by atoms with Gasteiger partial charge >= 0.3 is 0 Å². The van der Waals surface area contributed by atoms with Gasteiger partial charge in [0, 0.05) is 0 Å². The molecule has 0 aliphatic carbocycles. The minimum atomic E-state index is 1.09. The number of rotatable bonds is 6. The largest absolute Gasteiger partial charge is 0.317 e. The average molecular weight is 251 g/mol. The summed E-state index contributed by atoms with van der Waals surface area (Å²) in [5.74, 6) is 0. The highest BCUT2D eigenvalue weighted by atomic mass is 31.0. The van der Waals surface area contributed by atoms with E-state index in [9.17, 15) is 0 Å². The maximum Gasteiger partial charge on any atom is -0.00124 e. The molecule has 0 heterocycles. The zero-order chi connectivity index (χ0) is 13.2. The molecule has 0 bridgehead atoms. The summed E-state index contributed by atoms with van der Waals surface area (Å²) >= 11 is 0. The first-order valence-electron chi connectivity index (χ1n) is 6.55. The summed E-state index contributed by atoms with van der Waals surface area (Å²) in [6.07, 6.45) is 0. The minimum Gasteiger partial charge on any atom is -0.317 e. The van der Waals surface area contributed by atoms with Gasteiger partial charge < -0.3 is 10.6 Å². The molecule has 0 rings (SSSR count). The van der Waals surface area contributed by atoms with E-state index in [1.54, 1.807) is 0 Å². The predicted molar refractivity (Wildman–Crippen MR) is 81.1 cm³/mol. The molecule has 0 spiro atoms. The fourth-order valence-corrected chi connectivity index (χ4v) is 0.724. The van der Waals surface area contributed by atoms with Crippen molar-refractivity contribution >= 4 is 9.39 Å². The topological polar surface area (TPSA) is 27.3 Å². The molecule has 0 amide bonds. The molecule has 0 radical (unpaired) electrons. The molecule has 4 heteroatoms. The van der Waals surface area contributed by atoms with Crippen molar-refractivity contribution < 1.29 is 0 Å². The second-order valence-corrected chi connectivity index (χ2v) is 3.87. The van der Waals surface area contributed by atoms with Crippen LogP contribution < -0.4 is 10.6 Å². The average Bonchev–Trinajstić information content (AvgIpc) is 2.32. The first-order valence-corrected chi connectivity index (χ1v) is 7.06. The Morgan fingerprint density at radius 1 is 0.688 bits per heavy atom. The van der Waals surface area contributed by atoms with Crippen LogP contribution in [-0.4, -0.2) is 43.9 Å².